The number of hydroxylamine groups is 1. The average molecular weight is 508 g/mol. The van der Waals surface area contributed by atoms with Crippen LogP contribution in [-0.4, -0.2) is 21.6 Å². The number of carboxylic acids is 1. The molecule has 1 unspecified atom stereocenters. The van der Waals surface area contributed by atoms with Crippen LogP contribution in [0.5, 0.6) is 0 Å². The maximum absolute atomic E-state index is 12.7. The molecule has 0 saturated heterocycles. The lowest BCUT2D eigenvalue weighted by Gasteiger charge is -2.15. The van der Waals surface area contributed by atoms with Crippen LogP contribution in [0.2, 0.25) is 10.0 Å². The average Bonchev–Trinajstić information content (AvgIpc) is 3.25. The fourth-order valence-electron chi connectivity index (χ4n) is 3.76. The van der Waals surface area contributed by atoms with Crippen LogP contribution in [0.15, 0.2) is 66.9 Å². The Bertz CT molecular complexity index is 1490. The number of carbonyl (C=O) groups is 2. The number of hydrogen-bond acceptors (Lipinski definition) is 4. The van der Waals surface area contributed by atoms with E-state index in [1.54, 1.807) is 67.7 Å². The van der Waals surface area contributed by atoms with E-state index in [-0.39, 0.29) is 6.42 Å². The molecule has 35 heavy (non-hydrogen) atoms. The first-order valence-corrected chi connectivity index (χ1v) is 11.3. The number of carbonyl (C=O) groups excluding carboxylic acids is 1. The van der Waals surface area contributed by atoms with Crippen molar-refractivity contribution in [2.75, 3.05) is 0 Å². The molecule has 1 heterocycles. The fourth-order valence-corrected chi connectivity index (χ4v) is 4.32. The van der Waals surface area contributed by atoms with Gasteiger partial charge in [-0.15, -0.1) is 0 Å². The quantitative estimate of drug-likeness (QED) is 0.305. The second-order valence-corrected chi connectivity index (χ2v) is 8.69. The van der Waals surface area contributed by atoms with Crippen molar-refractivity contribution in [1.29, 1.82) is 5.26 Å². The van der Waals surface area contributed by atoms with Gasteiger partial charge in [-0.3, -0.25) is 14.4 Å². The Balaban J connectivity index is 1.53. The van der Waals surface area contributed by atoms with Crippen molar-refractivity contribution in [3.8, 4) is 11.8 Å². The van der Waals surface area contributed by atoms with Crippen LogP contribution in [-0.2, 0) is 16.1 Å². The number of aromatic nitrogens is 1. The highest BCUT2D eigenvalue weighted by Gasteiger charge is 2.15. The first kappa shape index (κ1) is 24.3. The van der Waals surface area contributed by atoms with E-state index in [0.717, 1.165) is 10.9 Å². The maximum atomic E-state index is 12.7. The highest BCUT2D eigenvalue weighted by Crippen LogP contribution is 2.28. The summed E-state index contributed by atoms with van der Waals surface area (Å²) in [5.41, 5.74) is 5.83. The maximum Gasteiger partial charge on any atom is 0.307 e. The van der Waals surface area contributed by atoms with Crippen LogP contribution in [0.3, 0.4) is 0 Å². The van der Waals surface area contributed by atoms with Gasteiger partial charge in [0.25, 0.3) is 5.91 Å². The Labute approximate surface area is 211 Å². The molecule has 9 heteroatoms. The van der Waals surface area contributed by atoms with Gasteiger partial charge in [0.2, 0.25) is 0 Å². The summed E-state index contributed by atoms with van der Waals surface area (Å²) in [5, 5.41) is 20.3. The van der Waals surface area contributed by atoms with E-state index in [1.807, 2.05) is 10.6 Å². The molecule has 7 nitrogen and oxygen atoms in total. The van der Waals surface area contributed by atoms with Gasteiger partial charge in [-0.1, -0.05) is 35.3 Å². The molecular weight excluding hydrogens is 489 g/mol. The molecule has 4 rings (SSSR count). The molecule has 0 radical (unpaired) electrons. The summed E-state index contributed by atoms with van der Waals surface area (Å²) in [7, 11) is 0. The number of aliphatic carboxylic acids is 1. The minimum absolute atomic E-state index is 0.162. The lowest BCUT2D eigenvalue weighted by atomic mass is 10.1. The van der Waals surface area contributed by atoms with Crippen LogP contribution in [0.4, 0.5) is 0 Å². The van der Waals surface area contributed by atoms with E-state index >= 15 is 0 Å². The van der Waals surface area contributed by atoms with E-state index in [1.165, 1.54) is 0 Å². The highest BCUT2D eigenvalue weighted by atomic mass is 35.5. The molecule has 3 aromatic carbocycles. The summed E-state index contributed by atoms with van der Waals surface area (Å²) >= 11 is 12.1. The van der Waals surface area contributed by atoms with Gasteiger partial charge in [0.1, 0.15) is 12.2 Å². The third-order valence-electron chi connectivity index (χ3n) is 5.48. The highest BCUT2D eigenvalue weighted by molar-refractivity contribution is 6.35. The fraction of sp³-hybridized carbons (Fsp3) is 0.115. The predicted octanol–water partition coefficient (Wildman–Crippen LogP) is 5.86. The number of nitrogens with zero attached hydrogens (tertiary/aromatic N) is 2. The number of fused-ring (bicyclic) bond motifs is 1. The zero-order chi connectivity index (χ0) is 25.1. The Kier molecular flexibility index (Phi) is 7.08. The Morgan fingerprint density at radius 3 is 2.63 bits per heavy atom. The van der Waals surface area contributed by atoms with Gasteiger partial charge in [0.05, 0.1) is 23.2 Å². The molecule has 0 aliphatic carbocycles. The molecule has 2 N–H and O–H groups in total. The molecule has 176 valence electrons. The first-order chi connectivity index (χ1) is 16.8. The molecule has 0 saturated carbocycles. The number of nitrogens with one attached hydrogen (secondary N) is 1. The van der Waals surface area contributed by atoms with Crippen molar-refractivity contribution in [2.45, 2.75) is 19.4 Å². The van der Waals surface area contributed by atoms with Crippen LogP contribution in [0.25, 0.3) is 16.6 Å². The van der Waals surface area contributed by atoms with Gasteiger partial charge >= 0.3 is 5.97 Å². The molecule has 0 aliphatic heterocycles. The van der Waals surface area contributed by atoms with Crippen molar-refractivity contribution in [3.63, 3.8) is 0 Å². The zero-order valence-electron chi connectivity index (χ0n) is 18.5. The summed E-state index contributed by atoms with van der Waals surface area (Å²) in [6.45, 7) is 1.76. The van der Waals surface area contributed by atoms with Gasteiger partial charge in [-0.2, -0.15) is 5.26 Å². The zero-order valence-corrected chi connectivity index (χ0v) is 20.0. The van der Waals surface area contributed by atoms with Crippen LogP contribution >= 0.6 is 23.2 Å². The minimum atomic E-state index is -0.964. The molecule has 4 aromatic rings. The summed E-state index contributed by atoms with van der Waals surface area (Å²) in [4.78, 5) is 29.2. The van der Waals surface area contributed by atoms with Gasteiger partial charge in [-0.05, 0) is 61.0 Å². The molecule has 0 spiro atoms. The monoisotopic (exact) mass is 507 g/mol. The predicted molar refractivity (Wildman–Crippen MR) is 133 cm³/mol. The minimum Gasteiger partial charge on any atom is -0.481 e. The van der Waals surface area contributed by atoms with E-state index in [2.05, 4.69) is 11.5 Å². The van der Waals surface area contributed by atoms with Gasteiger partial charge in [0.15, 0.2) is 0 Å². The third kappa shape index (κ3) is 5.31. The molecule has 1 amide bonds. The van der Waals surface area contributed by atoms with E-state index in [0.29, 0.717) is 38.0 Å². The normalized spacial score (nSPS) is 11.7. The Morgan fingerprint density at radius 2 is 1.91 bits per heavy atom. The summed E-state index contributed by atoms with van der Waals surface area (Å²) in [6, 6.07) is 19.1. The summed E-state index contributed by atoms with van der Waals surface area (Å²) in [6.07, 6.45) is 1.13. The molecule has 0 fully saturated rings. The van der Waals surface area contributed by atoms with Crippen molar-refractivity contribution in [2.24, 2.45) is 0 Å². The number of benzene rings is 3. The Hall–Kier alpha value is -3.83. The van der Waals surface area contributed by atoms with E-state index in [4.69, 9.17) is 33.1 Å². The van der Waals surface area contributed by atoms with Gasteiger partial charge < -0.3 is 9.67 Å². The number of halogens is 2. The van der Waals surface area contributed by atoms with Gasteiger partial charge in [-0.25, -0.2) is 5.48 Å². The topological polar surface area (TPSA) is 104 Å². The van der Waals surface area contributed by atoms with Crippen LogP contribution in [0.1, 0.15) is 40.1 Å². The van der Waals surface area contributed by atoms with Crippen molar-refractivity contribution in [3.05, 3.63) is 99.2 Å². The smallest absolute Gasteiger partial charge is 0.307 e. The summed E-state index contributed by atoms with van der Waals surface area (Å²) < 4.78 is 1.82. The third-order valence-corrected chi connectivity index (χ3v) is 6.04. The standard InChI is InChI=1S/C26H19Cl2N3O4/c1-15(21-5-4-20(27)13-22(21)28)35-30-26(34)18-3-7-23-17(12-18)8-9-31(23)24-6-2-16(11-25(32)33)10-19(24)14-29/h2-10,12-13,15H,11H2,1H3,(H,30,34)(H,32,33). The second kappa shape index (κ2) is 10.2. The lowest BCUT2D eigenvalue weighted by Crippen LogP contribution is -2.25. The Morgan fingerprint density at radius 1 is 1.11 bits per heavy atom. The van der Waals surface area contributed by atoms with Crippen LogP contribution < -0.4 is 5.48 Å². The van der Waals surface area contributed by atoms with Crippen LogP contribution in [0, 0.1) is 11.3 Å². The number of carboxylic acid groups (broad SMARTS) is 1. The molecule has 1 atom stereocenters. The number of nitriles is 1. The second-order valence-electron chi connectivity index (χ2n) is 7.85. The lowest BCUT2D eigenvalue weighted by molar-refractivity contribution is -0.136. The van der Waals surface area contributed by atoms with Crippen molar-refractivity contribution < 1.29 is 19.5 Å². The number of hydrogen-bond donors (Lipinski definition) is 2. The SMILES string of the molecule is CC(ONC(=O)c1ccc2c(ccn2-c2ccc(CC(=O)O)cc2C#N)c1)c1ccc(Cl)cc1Cl. The van der Waals surface area contributed by atoms with Crippen molar-refractivity contribution >= 4 is 46.0 Å². The molecule has 0 bridgehead atoms. The van der Waals surface area contributed by atoms with Crippen molar-refractivity contribution in [1.82, 2.24) is 10.0 Å². The number of rotatable bonds is 7. The first-order valence-electron chi connectivity index (χ1n) is 10.5. The van der Waals surface area contributed by atoms with E-state index < -0.39 is 18.0 Å². The number of amides is 1. The molecule has 0 aliphatic rings. The molecule has 1 aromatic heterocycles. The van der Waals surface area contributed by atoms with Gasteiger partial charge in [0, 0.05) is 32.8 Å². The largest absolute Gasteiger partial charge is 0.481 e. The molecular formula is C26H19Cl2N3O4. The van der Waals surface area contributed by atoms with E-state index in [9.17, 15) is 14.9 Å². The summed E-state index contributed by atoms with van der Waals surface area (Å²) in [5.74, 6) is -1.39.